The average Bonchev–Trinajstić information content (AvgIpc) is 2.53. The maximum absolute atomic E-state index is 5.99. The molecule has 5 nitrogen and oxygen atoms in total. The molecule has 0 heterocycles. The van der Waals surface area contributed by atoms with Gasteiger partial charge in [-0.3, -0.25) is 4.99 Å². The molecular weight excluding hydrogens is 429 g/mol. The van der Waals surface area contributed by atoms with E-state index in [4.69, 9.17) is 15.2 Å². The second kappa shape index (κ2) is 10.1. The molecule has 0 saturated heterocycles. The lowest BCUT2D eigenvalue weighted by Gasteiger charge is -2.12. The third kappa shape index (κ3) is 6.45. The van der Waals surface area contributed by atoms with Crippen LogP contribution in [0.3, 0.4) is 0 Å². The molecule has 0 bridgehead atoms. The number of hydrogen-bond acceptors (Lipinski definition) is 3. The SMILES string of the molecule is COc1ccc(OC)c(NC(N)=NCCc2cc(C)cc(C)c2)c1.I. The molecule has 0 fully saturated rings. The van der Waals surface area contributed by atoms with E-state index in [0.29, 0.717) is 18.3 Å². The molecule has 0 amide bonds. The van der Waals surface area contributed by atoms with E-state index >= 15 is 0 Å². The van der Waals surface area contributed by atoms with Gasteiger partial charge in [0.2, 0.25) is 0 Å². The first-order valence-electron chi connectivity index (χ1n) is 7.88. The second-order valence-corrected chi connectivity index (χ2v) is 5.70. The van der Waals surface area contributed by atoms with Crippen LogP contribution < -0.4 is 20.5 Å². The molecule has 0 unspecified atom stereocenters. The minimum atomic E-state index is 0. The molecule has 0 radical (unpaired) electrons. The Morgan fingerprint density at radius 3 is 2.32 bits per heavy atom. The first kappa shape index (κ1) is 21.1. The summed E-state index contributed by atoms with van der Waals surface area (Å²) in [6, 6.07) is 12.0. The maximum Gasteiger partial charge on any atom is 0.193 e. The topological polar surface area (TPSA) is 68.9 Å². The summed E-state index contributed by atoms with van der Waals surface area (Å²) < 4.78 is 10.5. The summed E-state index contributed by atoms with van der Waals surface area (Å²) in [5.41, 5.74) is 10.5. The van der Waals surface area contributed by atoms with Crippen molar-refractivity contribution < 1.29 is 9.47 Å². The molecule has 6 heteroatoms. The minimum Gasteiger partial charge on any atom is -0.497 e. The summed E-state index contributed by atoms with van der Waals surface area (Å²) in [5.74, 6) is 1.76. The van der Waals surface area contributed by atoms with Crippen molar-refractivity contribution >= 4 is 35.6 Å². The normalized spacial score (nSPS) is 10.8. The van der Waals surface area contributed by atoms with E-state index < -0.39 is 0 Å². The standard InChI is InChI=1S/C19H25N3O2.HI/c1-13-9-14(2)11-15(10-13)7-8-21-19(20)22-17-12-16(23-3)5-6-18(17)24-4;/h5-6,9-12H,7-8H2,1-4H3,(H3,20,21,22);1H. The quantitative estimate of drug-likeness (QED) is 0.394. The Hall–Kier alpha value is -1.96. The highest BCUT2D eigenvalue weighted by Crippen LogP contribution is 2.28. The second-order valence-electron chi connectivity index (χ2n) is 5.70. The Labute approximate surface area is 166 Å². The van der Waals surface area contributed by atoms with E-state index in [-0.39, 0.29) is 24.0 Å². The van der Waals surface area contributed by atoms with Gasteiger partial charge in [0, 0.05) is 12.6 Å². The van der Waals surface area contributed by atoms with Crippen molar-refractivity contribution in [3.05, 3.63) is 53.1 Å². The van der Waals surface area contributed by atoms with Gasteiger partial charge in [0.15, 0.2) is 5.96 Å². The lowest BCUT2D eigenvalue weighted by Crippen LogP contribution is -2.23. The number of hydrogen-bond donors (Lipinski definition) is 2. The van der Waals surface area contributed by atoms with Crippen LogP contribution in [0.25, 0.3) is 0 Å². The Morgan fingerprint density at radius 2 is 1.72 bits per heavy atom. The van der Waals surface area contributed by atoms with E-state index in [1.165, 1.54) is 16.7 Å². The molecule has 0 aliphatic heterocycles. The van der Waals surface area contributed by atoms with Crippen molar-refractivity contribution in [2.45, 2.75) is 20.3 Å². The Morgan fingerprint density at radius 1 is 1.04 bits per heavy atom. The number of nitrogens with two attached hydrogens (primary N) is 1. The van der Waals surface area contributed by atoms with Crippen LogP contribution in [-0.2, 0) is 6.42 Å². The van der Waals surface area contributed by atoms with Gasteiger partial charge in [-0.1, -0.05) is 29.3 Å². The molecule has 0 aromatic heterocycles. The summed E-state index contributed by atoms with van der Waals surface area (Å²) in [5, 5.41) is 3.07. The third-order valence-corrected chi connectivity index (χ3v) is 3.63. The zero-order chi connectivity index (χ0) is 17.5. The van der Waals surface area contributed by atoms with Gasteiger partial charge >= 0.3 is 0 Å². The Kier molecular flexibility index (Phi) is 8.54. The number of nitrogens with one attached hydrogen (secondary N) is 1. The number of anilines is 1. The van der Waals surface area contributed by atoms with Gasteiger partial charge in [-0.25, -0.2) is 0 Å². The molecule has 2 aromatic rings. The fourth-order valence-corrected chi connectivity index (χ4v) is 2.61. The van der Waals surface area contributed by atoms with Crippen LogP contribution >= 0.6 is 24.0 Å². The Balaban J connectivity index is 0.00000312. The molecular formula is C19H26IN3O2. The monoisotopic (exact) mass is 455 g/mol. The summed E-state index contributed by atoms with van der Waals surface area (Å²) in [6.07, 6.45) is 0.847. The number of ether oxygens (including phenoxy) is 2. The van der Waals surface area contributed by atoms with Crippen LogP contribution in [0.4, 0.5) is 5.69 Å². The van der Waals surface area contributed by atoms with Crippen LogP contribution in [0.2, 0.25) is 0 Å². The predicted octanol–water partition coefficient (Wildman–Crippen LogP) is 3.91. The zero-order valence-corrected chi connectivity index (χ0v) is 17.5. The van der Waals surface area contributed by atoms with Crippen LogP contribution in [-0.4, -0.2) is 26.7 Å². The molecule has 0 saturated carbocycles. The van der Waals surface area contributed by atoms with E-state index in [1.807, 2.05) is 18.2 Å². The molecule has 25 heavy (non-hydrogen) atoms. The summed E-state index contributed by atoms with van der Waals surface area (Å²) in [4.78, 5) is 4.39. The van der Waals surface area contributed by atoms with Crippen LogP contribution in [0.5, 0.6) is 11.5 Å². The van der Waals surface area contributed by atoms with Crippen LogP contribution in [0.1, 0.15) is 16.7 Å². The van der Waals surface area contributed by atoms with Gasteiger partial charge < -0.3 is 20.5 Å². The van der Waals surface area contributed by atoms with Gasteiger partial charge in [-0.15, -0.1) is 24.0 Å². The first-order valence-corrected chi connectivity index (χ1v) is 7.88. The number of aliphatic imine (C=N–C) groups is 1. The molecule has 2 rings (SSSR count). The number of guanidine groups is 1. The largest absolute Gasteiger partial charge is 0.497 e. The van der Waals surface area contributed by atoms with Gasteiger partial charge in [0.1, 0.15) is 11.5 Å². The van der Waals surface area contributed by atoms with Crippen molar-refractivity contribution in [1.29, 1.82) is 0 Å². The fraction of sp³-hybridized carbons (Fsp3) is 0.316. The molecule has 0 aliphatic rings. The smallest absolute Gasteiger partial charge is 0.193 e. The number of aryl methyl sites for hydroxylation is 2. The number of benzene rings is 2. The van der Waals surface area contributed by atoms with Crippen molar-refractivity contribution in [2.24, 2.45) is 10.7 Å². The molecule has 3 N–H and O–H groups in total. The van der Waals surface area contributed by atoms with Gasteiger partial charge in [-0.2, -0.15) is 0 Å². The highest BCUT2D eigenvalue weighted by atomic mass is 127. The van der Waals surface area contributed by atoms with Gasteiger partial charge in [-0.05, 0) is 38.0 Å². The van der Waals surface area contributed by atoms with Crippen molar-refractivity contribution in [1.82, 2.24) is 0 Å². The lowest BCUT2D eigenvalue weighted by atomic mass is 10.1. The minimum absolute atomic E-state index is 0. The summed E-state index contributed by atoms with van der Waals surface area (Å²) in [7, 11) is 3.23. The van der Waals surface area contributed by atoms with Crippen LogP contribution in [0, 0.1) is 13.8 Å². The van der Waals surface area contributed by atoms with Crippen molar-refractivity contribution in [3.63, 3.8) is 0 Å². The zero-order valence-electron chi connectivity index (χ0n) is 15.1. The predicted molar refractivity (Wildman–Crippen MR) is 115 cm³/mol. The van der Waals surface area contributed by atoms with E-state index in [2.05, 4.69) is 42.4 Å². The summed E-state index contributed by atoms with van der Waals surface area (Å²) in [6.45, 7) is 4.82. The van der Waals surface area contributed by atoms with Crippen LogP contribution in [0.15, 0.2) is 41.4 Å². The average molecular weight is 455 g/mol. The maximum atomic E-state index is 5.99. The third-order valence-electron chi connectivity index (χ3n) is 3.63. The van der Waals surface area contributed by atoms with E-state index in [1.54, 1.807) is 14.2 Å². The number of halogens is 1. The number of rotatable bonds is 6. The highest BCUT2D eigenvalue weighted by molar-refractivity contribution is 14.0. The van der Waals surface area contributed by atoms with E-state index in [9.17, 15) is 0 Å². The van der Waals surface area contributed by atoms with Gasteiger partial charge in [0.25, 0.3) is 0 Å². The van der Waals surface area contributed by atoms with Crippen molar-refractivity contribution in [3.8, 4) is 11.5 Å². The molecule has 2 aromatic carbocycles. The lowest BCUT2D eigenvalue weighted by molar-refractivity contribution is 0.405. The number of nitrogens with zero attached hydrogens (tertiary/aromatic N) is 1. The van der Waals surface area contributed by atoms with Crippen molar-refractivity contribution in [2.75, 3.05) is 26.1 Å². The Bertz CT molecular complexity index is 712. The fourth-order valence-electron chi connectivity index (χ4n) is 2.61. The van der Waals surface area contributed by atoms with Gasteiger partial charge in [0.05, 0.1) is 19.9 Å². The summed E-state index contributed by atoms with van der Waals surface area (Å²) >= 11 is 0. The highest BCUT2D eigenvalue weighted by Gasteiger charge is 2.06. The molecule has 0 atom stereocenters. The van der Waals surface area contributed by atoms with E-state index in [0.717, 1.165) is 17.9 Å². The molecule has 136 valence electrons. The number of methoxy groups -OCH3 is 2. The molecule has 0 spiro atoms. The molecule has 0 aliphatic carbocycles. The first-order chi connectivity index (χ1) is 11.5.